The Bertz CT molecular complexity index is 953. The highest BCUT2D eigenvalue weighted by atomic mass is 16.6. The molecular weight excluding hydrogens is 654 g/mol. The van der Waals surface area contributed by atoms with Crippen molar-refractivity contribution in [2.24, 2.45) is 0 Å². The van der Waals surface area contributed by atoms with Crippen LogP contribution >= 0.6 is 0 Å². The summed E-state index contributed by atoms with van der Waals surface area (Å²) >= 11 is 0. The molecule has 0 saturated carbocycles. The van der Waals surface area contributed by atoms with Crippen molar-refractivity contribution in [3.63, 3.8) is 0 Å². The van der Waals surface area contributed by atoms with Crippen molar-refractivity contribution in [3.8, 4) is 0 Å². The van der Waals surface area contributed by atoms with E-state index in [4.69, 9.17) is 14.2 Å². The molecule has 0 aromatic heterocycles. The largest absolute Gasteiger partial charge is 0.544 e. The molecule has 52 heavy (non-hydrogen) atoms. The van der Waals surface area contributed by atoms with Gasteiger partial charge in [0.1, 0.15) is 12.6 Å². The maximum atomic E-state index is 12.7. The number of nitrogens with zero attached hydrogens (tertiary/aromatic N) is 1. The van der Waals surface area contributed by atoms with Gasteiger partial charge in [0.05, 0.1) is 40.3 Å². The number of unbranched alkanes of at least 4 members (excludes halogenated alkanes) is 17. The van der Waals surface area contributed by atoms with Gasteiger partial charge in [0, 0.05) is 19.3 Å². The average Bonchev–Trinajstić information content (AvgIpc) is 3.09. The fourth-order valence-corrected chi connectivity index (χ4v) is 6.01. The molecule has 0 radical (unpaired) electrons. The molecule has 2 atom stereocenters. The first-order valence-corrected chi connectivity index (χ1v) is 21.0. The second kappa shape index (κ2) is 35.6. The minimum atomic E-state index is -1.13. The van der Waals surface area contributed by atoms with Crippen LogP contribution in [0.4, 0.5) is 0 Å². The number of hydrogen-bond acceptors (Lipinski definition) is 7. The number of carbonyl (C=O) groups is 3. The fourth-order valence-electron chi connectivity index (χ4n) is 6.01. The van der Waals surface area contributed by atoms with Gasteiger partial charge in [0.2, 0.25) is 0 Å². The van der Waals surface area contributed by atoms with E-state index in [9.17, 15) is 19.5 Å². The molecule has 0 aliphatic heterocycles. The number of quaternary nitrogens is 1. The Morgan fingerprint density at radius 2 is 1.12 bits per heavy atom. The zero-order valence-electron chi connectivity index (χ0n) is 34.2. The van der Waals surface area contributed by atoms with Crippen LogP contribution in [-0.2, 0) is 28.6 Å². The topological polar surface area (TPSA) is 102 Å². The van der Waals surface area contributed by atoms with Crippen molar-refractivity contribution in [2.45, 2.75) is 187 Å². The van der Waals surface area contributed by atoms with E-state index < -0.39 is 18.1 Å². The highest BCUT2D eigenvalue weighted by Crippen LogP contribution is 2.14. The van der Waals surface area contributed by atoms with E-state index in [2.05, 4.69) is 38.2 Å². The molecule has 8 nitrogen and oxygen atoms in total. The number of carboxylic acids is 1. The summed E-state index contributed by atoms with van der Waals surface area (Å²) in [5.41, 5.74) is 0. The number of carbonyl (C=O) groups excluding carboxylic acids is 3. The Hall–Kier alpha value is -2.45. The Labute approximate surface area is 319 Å². The number of rotatable bonds is 37. The molecule has 0 heterocycles. The Morgan fingerprint density at radius 1 is 0.596 bits per heavy atom. The molecule has 0 saturated heterocycles. The van der Waals surface area contributed by atoms with Gasteiger partial charge in [-0.2, -0.15) is 0 Å². The molecular formula is C44H79NO7. The average molecular weight is 734 g/mol. The number of aliphatic carboxylic acids is 1. The summed E-state index contributed by atoms with van der Waals surface area (Å²) in [7, 11) is 5.38. The molecule has 8 heteroatoms. The zero-order valence-corrected chi connectivity index (χ0v) is 34.2. The lowest BCUT2D eigenvalue weighted by atomic mass is 10.1. The lowest BCUT2D eigenvalue weighted by Crippen LogP contribution is -2.55. The molecule has 0 aromatic carbocycles. The summed E-state index contributed by atoms with van der Waals surface area (Å²) in [5, 5.41) is 11.6. The lowest BCUT2D eigenvalue weighted by molar-refractivity contribution is -0.889. The standard InChI is InChI=1S/C44H79NO7/c1-6-8-10-12-14-15-16-17-18-19-20-21-22-23-24-25-26-27-29-31-33-35-43(47)52-40(38-50-37-36-41(44(48)49)45(3,4)5)39-51-42(46)34-32-30-28-13-11-9-7-2/h9,11,21-22,28,30,40-41H,6-8,10,12-20,23-27,29,31-39H2,1-5H3/b11-9+,22-21+,30-28+. The van der Waals surface area contributed by atoms with Gasteiger partial charge in [-0.3, -0.25) is 9.59 Å². The van der Waals surface area contributed by atoms with Gasteiger partial charge >= 0.3 is 11.9 Å². The van der Waals surface area contributed by atoms with Crippen molar-refractivity contribution in [3.05, 3.63) is 36.5 Å². The third kappa shape index (κ3) is 33.4. The monoisotopic (exact) mass is 734 g/mol. The van der Waals surface area contributed by atoms with Crippen molar-refractivity contribution in [1.29, 1.82) is 0 Å². The van der Waals surface area contributed by atoms with Crippen LogP contribution in [-0.4, -0.2) is 75.5 Å². The first-order chi connectivity index (χ1) is 25.1. The molecule has 0 aliphatic carbocycles. The number of hydrogen-bond donors (Lipinski definition) is 0. The smallest absolute Gasteiger partial charge is 0.306 e. The van der Waals surface area contributed by atoms with Crippen LogP contribution in [0.25, 0.3) is 0 Å². The second-order valence-electron chi connectivity index (χ2n) is 15.2. The summed E-state index contributed by atoms with van der Waals surface area (Å²) in [6.45, 7) is 4.44. The second-order valence-corrected chi connectivity index (χ2v) is 15.2. The molecule has 0 aliphatic rings. The normalized spacial score (nSPS) is 13.3. The number of carboxylic acid groups (broad SMARTS) is 1. The highest BCUT2D eigenvalue weighted by Gasteiger charge is 2.25. The lowest BCUT2D eigenvalue weighted by Gasteiger charge is -2.34. The third-order valence-electron chi connectivity index (χ3n) is 9.27. The molecule has 0 amide bonds. The summed E-state index contributed by atoms with van der Waals surface area (Å²) in [6.07, 6.45) is 39.3. The van der Waals surface area contributed by atoms with Gasteiger partial charge in [-0.15, -0.1) is 0 Å². The third-order valence-corrected chi connectivity index (χ3v) is 9.27. The van der Waals surface area contributed by atoms with Crippen molar-refractivity contribution in [2.75, 3.05) is 41.0 Å². The van der Waals surface area contributed by atoms with Crippen LogP contribution in [0.5, 0.6) is 0 Å². The van der Waals surface area contributed by atoms with E-state index in [1.807, 2.05) is 12.2 Å². The number of likely N-dealkylation sites (N-methyl/N-ethyl adjacent to an activating group) is 1. The Kier molecular flexibility index (Phi) is 33.9. The minimum Gasteiger partial charge on any atom is -0.544 e. The molecule has 0 aromatic rings. The first-order valence-electron chi connectivity index (χ1n) is 21.0. The van der Waals surface area contributed by atoms with Crippen LogP contribution in [0, 0.1) is 0 Å². The van der Waals surface area contributed by atoms with Gasteiger partial charge in [-0.25, -0.2) is 0 Å². The van der Waals surface area contributed by atoms with Crippen LogP contribution in [0.2, 0.25) is 0 Å². The Balaban J connectivity index is 4.23. The zero-order chi connectivity index (χ0) is 38.5. The summed E-state index contributed by atoms with van der Waals surface area (Å²) in [4.78, 5) is 36.5. The molecule has 0 spiro atoms. The van der Waals surface area contributed by atoms with Crippen molar-refractivity contribution < 1.29 is 38.2 Å². The Morgan fingerprint density at radius 3 is 1.65 bits per heavy atom. The molecule has 0 N–H and O–H groups in total. The molecule has 0 fully saturated rings. The van der Waals surface area contributed by atoms with E-state index in [1.54, 1.807) is 21.1 Å². The number of ether oxygens (including phenoxy) is 3. The maximum absolute atomic E-state index is 12.7. The minimum absolute atomic E-state index is 0.0219. The van der Waals surface area contributed by atoms with Gasteiger partial charge < -0.3 is 28.6 Å². The molecule has 302 valence electrons. The maximum Gasteiger partial charge on any atom is 0.306 e. The van der Waals surface area contributed by atoms with E-state index in [0.717, 1.165) is 32.1 Å². The van der Waals surface area contributed by atoms with E-state index >= 15 is 0 Å². The molecule has 2 unspecified atom stereocenters. The first kappa shape index (κ1) is 49.6. The van der Waals surface area contributed by atoms with Gasteiger partial charge in [-0.1, -0.05) is 140 Å². The van der Waals surface area contributed by atoms with Crippen LogP contribution in [0.3, 0.4) is 0 Å². The van der Waals surface area contributed by atoms with E-state index in [0.29, 0.717) is 12.8 Å². The predicted molar refractivity (Wildman–Crippen MR) is 213 cm³/mol. The van der Waals surface area contributed by atoms with Crippen molar-refractivity contribution >= 4 is 17.9 Å². The van der Waals surface area contributed by atoms with Gasteiger partial charge in [0.15, 0.2) is 6.10 Å². The van der Waals surface area contributed by atoms with Crippen LogP contribution < -0.4 is 5.11 Å². The van der Waals surface area contributed by atoms with E-state index in [-0.39, 0.29) is 49.1 Å². The quantitative estimate of drug-likeness (QED) is 0.0271. The highest BCUT2D eigenvalue weighted by molar-refractivity contribution is 5.70. The molecule has 0 rings (SSSR count). The van der Waals surface area contributed by atoms with Crippen molar-refractivity contribution in [1.82, 2.24) is 0 Å². The van der Waals surface area contributed by atoms with E-state index in [1.165, 1.54) is 103 Å². The summed E-state index contributed by atoms with van der Waals surface area (Å²) < 4.78 is 17.0. The van der Waals surface area contributed by atoms with Gasteiger partial charge in [0.25, 0.3) is 0 Å². The van der Waals surface area contributed by atoms with Crippen LogP contribution in [0.1, 0.15) is 174 Å². The summed E-state index contributed by atoms with van der Waals surface area (Å²) in [5.74, 6) is -1.83. The van der Waals surface area contributed by atoms with Crippen LogP contribution in [0.15, 0.2) is 36.5 Å². The predicted octanol–water partition coefficient (Wildman–Crippen LogP) is 9.74. The number of allylic oxidation sites excluding steroid dienone is 6. The summed E-state index contributed by atoms with van der Waals surface area (Å²) in [6, 6.07) is -0.731. The SMILES string of the molecule is CC/C=C/C/C=C/CCC(=O)OCC(COCCC(C(=O)[O-])[N+](C)(C)C)OC(=O)CCCCCCCCC/C=C/CCCCCCCCCCCC. The van der Waals surface area contributed by atoms with Gasteiger partial charge in [-0.05, 0) is 51.4 Å². The number of esters is 2. The molecule has 0 bridgehead atoms. The fraction of sp³-hybridized carbons (Fsp3) is 0.795.